The zero-order valence-electron chi connectivity index (χ0n) is 14.1. The number of imidazole rings is 2. The predicted octanol–water partition coefficient (Wildman–Crippen LogP) is 2.01. The molecule has 0 N–H and O–H groups in total. The van der Waals surface area contributed by atoms with Gasteiger partial charge in [-0.25, -0.2) is 19.9 Å². The molecule has 0 radical (unpaired) electrons. The Morgan fingerprint density at radius 1 is 0.962 bits per heavy atom. The molecule has 0 saturated heterocycles. The quantitative estimate of drug-likeness (QED) is 0.525. The van der Waals surface area contributed by atoms with Crippen LogP contribution in [0.15, 0.2) is 55.5 Å². The van der Waals surface area contributed by atoms with Crippen molar-refractivity contribution in [2.24, 2.45) is 7.05 Å². The molecule has 0 aliphatic heterocycles. The van der Waals surface area contributed by atoms with E-state index in [-0.39, 0.29) is 0 Å². The number of hydrogen-bond acceptors (Lipinski definition) is 4. The van der Waals surface area contributed by atoms with Crippen LogP contribution < -0.4 is 0 Å². The molecule has 6 nitrogen and oxygen atoms in total. The highest BCUT2D eigenvalue weighted by molar-refractivity contribution is 5.76. The molecule has 3 aromatic heterocycles. The molecular weight excluding hydrogens is 324 g/mol. The number of fused-ring (bicyclic) bond motifs is 1. The average molecular weight is 338 g/mol. The minimum absolute atomic E-state index is 0.570. The fourth-order valence-electron chi connectivity index (χ4n) is 2.53. The summed E-state index contributed by atoms with van der Waals surface area (Å²) < 4.78 is 3.82. The fourth-order valence-corrected chi connectivity index (χ4v) is 2.53. The van der Waals surface area contributed by atoms with Gasteiger partial charge in [-0.1, -0.05) is 30.3 Å². The monoisotopic (exact) mass is 338 g/mol. The van der Waals surface area contributed by atoms with Gasteiger partial charge in [0.05, 0.1) is 25.4 Å². The molecule has 0 saturated carbocycles. The van der Waals surface area contributed by atoms with Gasteiger partial charge < -0.3 is 9.13 Å². The van der Waals surface area contributed by atoms with Crippen molar-refractivity contribution >= 4 is 11.2 Å². The van der Waals surface area contributed by atoms with Crippen LogP contribution in [0.25, 0.3) is 11.2 Å². The molecule has 0 atom stereocenters. The molecule has 0 aliphatic carbocycles. The Bertz CT molecular complexity index is 1180. The molecule has 0 fully saturated rings. The van der Waals surface area contributed by atoms with E-state index in [1.807, 2.05) is 34.4 Å². The molecule has 0 bridgehead atoms. The number of aryl methyl sites for hydroxylation is 1. The summed E-state index contributed by atoms with van der Waals surface area (Å²) in [6.45, 7) is 0.696. The lowest BCUT2D eigenvalue weighted by Crippen LogP contribution is -1.99. The summed E-state index contributed by atoms with van der Waals surface area (Å²) in [6.07, 6.45) is 6.66. The maximum Gasteiger partial charge on any atom is 0.164 e. The Kier molecular flexibility index (Phi) is 4.16. The molecule has 4 aromatic rings. The zero-order chi connectivity index (χ0) is 17.8. The summed E-state index contributed by atoms with van der Waals surface area (Å²) in [5, 5.41) is 0. The van der Waals surface area contributed by atoms with Crippen molar-refractivity contribution in [3.8, 4) is 23.7 Å². The van der Waals surface area contributed by atoms with E-state index in [4.69, 9.17) is 0 Å². The lowest BCUT2D eigenvalue weighted by Gasteiger charge is -2.03. The Morgan fingerprint density at radius 3 is 2.62 bits per heavy atom. The first-order valence-corrected chi connectivity index (χ1v) is 7.99. The third-order valence-corrected chi connectivity index (χ3v) is 3.85. The Morgan fingerprint density at radius 2 is 1.81 bits per heavy atom. The molecule has 26 heavy (non-hydrogen) atoms. The van der Waals surface area contributed by atoms with Crippen LogP contribution in [0.3, 0.4) is 0 Å². The van der Waals surface area contributed by atoms with Gasteiger partial charge in [0.1, 0.15) is 23.2 Å². The molecule has 124 valence electrons. The van der Waals surface area contributed by atoms with Crippen molar-refractivity contribution in [2.45, 2.75) is 6.54 Å². The summed E-state index contributed by atoms with van der Waals surface area (Å²) in [5.74, 6) is 11.6. The summed E-state index contributed by atoms with van der Waals surface area (Å²) in [7, 11) is 1.89. The number of aromatic nitrogens is 6. The minimum Gasteiger partial charge on any atom is -0.327 e. The van der Waals surface area contributed by atoms with Gasteiger partial charge >= 0.3 is 0 Å². The first-order valence-electron chi connectivity index (χ1n) is 7.99. The number of nitrogens with zero attached hydrogens (tertiary/aromatic N) is 6. The smallest absolute Gasteiger partial charge is 0.164 e. The van der Waals surface area contributed by atoms with Crippen LogP contribution >= 0.6 is 0 Å². The minimum atomic E-state index is 0.570. The molecule has 0 unspecified atom stereocenters. The summed E-state index contributed by atoms with van der Waals surface area (Å²) in [4.78, 5) is 17.0. The standard InChI is InChI=1S/C20H14N6/c1-25-14-21-11-17(25)9-5-6-10-18-19-20(23-13-22-18)26(15-24-19)12-16-7-3-2-4-8-16/h2-4,7-8,11,13-15H,12H2,1H3. The second-order valence-corrected chi connectivity index (χ2v) is 5.64. The van der Waals surface area contributed by atoms with Crippen LogP contribution in [0, 0.1) is 23.7 Å². The van der Waals surface area contributed by atoms with Gasteiger partial charge in [0.15, 0.2) is 5.65 Å². The highest BCUT2D eigenvalue weighted by atomic mass is 15.1. The fraction of sp³-hybridized carbons (Fsp3) is 0.100. The lowest BCUT2D eigenvalue weighted by molar-refractivity contribution is 0.813. The van der Waals surface area contributed by atoms with Gasteiger partial charge in [0.2, 0.25) is 0 Å². The van der Waals surface area contributed by atoms with Crippen molar-refractivity contribution in [1.82, 2.24) is 29.1 Å². The third-order valence-electron chi connectivity index (χ3n) is 3.85. The van der Waals surface area contributed by atoms with Crippen molar-refractivity contribution in [3.05, 3.63) is 72.5 Å². The molecule has 0 aliphatic rings. The first kappa shape index (κ1) is 15.6. The maximum atomic E-state index is 4.43. The predicted molar refractivity (Wildman–Crippen MR) is 97.8 cm³/mol. The molecule has 0 spiro atoms. The molecule has 3 heterocycles. The van der Waals surface area contributed by atoms with Gasteiger partial charge in [-0.2, -0.15) is 0 Å². The SMILES string of the molecule is Cn1cncc1C#CC#Cc1ncnc2c1ncn2Cc1ccccc1. The Balaban J connectivity index is 1.63. The second-order valence-electron chi connectivity index (χ2n) is 5.64. The Hall–Kier alpha value is -3.90. The van der Waals surface area contributed by atoms with Crippen LogP contribution in [-0.4, -0.2) is 29.1 Å². The lowest BCUT2D eigenvalue weighted by atomic mass is 10.2. The van der Waals surface area contributed by atoms with Crippen LogP contribution in [0.1, 0.15) is 17.0 Å². The zero-order valence-corrected chi connectivity index (χ0v) is 14.1. The topological polar surface area (TPSA) is 61.4 Å². The van der Waals surface area contributed by atoms with Crippen molar-refractivity contribution in [3.63, 3.8) is 0 Å². The van der Waals surface area contributed by atoms with Crippen molar-refractivity contribution in [1.29, 1.82) is 0 Å². The van der Waals surface area contributed by atoms with E-state index in [1.54, 1.807) is 18.9 Å². The van der Waals surface area contributed by atoms with E-state index in [0.29, 0.717) is 17.8 Å². The molecule has 1 aromatic carbocycles. The van der Waals surface area contributed by atoms with Crippen LogP contribution in [0.5, 0.6) is 0 Å². The van der Waals surface area contributed by atoms with Crippen molar-refractivity contribution < 1.29 is 0 Å². The first-order chi connectivity index (χ1) is 12.8. The number of hydrogen-bond donors (Lipinski definition) is 0. The number of benzene rings is 1. The summed E-state index contributed by atoms with van der Waals surface area (Å²) in [5.41, 5.74) is 3.99. The van der Waals surface area contributed by atoms with Crippen LogP contribution in [0.2, 0.25) is 0 Å². The average Bonchev–Trinajstić information content (AvgIpc) is 3.27. The van der Waals surface area contributed by atoms with Crippen molar-refractivity contribution in [2.75, 3.05) is 0 Å². The summed E-state index contributed by atoms with van der Waals surface area (Å²) in [6, 6.07) is 10.2. The van der Waals surface area contributed by atoms with Gasteiger partial charge in [-0.15, -0.1) is 0 Å². The van der Waals surface area contributed by atoms with Gasteiger partial charge in [-0.05, 0) is 29.2 Å². The van der Waals surface area contributed by atoms with Gasteiger partial charge in [0, 0.05) is 7.05 Å². The van der Waals surface area contributed by atoms with E-state index in [9.17, 15) is 0 Å². The van der Waals surface area contributed by atoms with Gasteiger partial charge in [0.25, 0.3) is 0 Å². The normalized spacial score (nSPS) is 10.0. The van der Waals surface area contributed by atoms with Crippen LogP contribution in [-0.2, 0) is 13.6 Å². The van der Waals surface area contributed by atoms with E-state index in [0.717, 1.165) is 11.3 Å². The second kappa shape index (κ2) is 6.92. The largest absolute Gasteiger partial charge is 0.327 e. The maximum absolute atomic E-state index is 4.43. The Labute approximate surface area is 150 Å². The number of rotatable bonds is 2. The van der Waals surface area contributed by atoms with Gasteiger partial charge in [-0.3, -0.25) is 0 Å². The molecule has 4 rings (SSSR count). The van der Waals surface area contributed by atoms with Crippen LogP contribution in [0.4, 0.5) is 0 Å². The molecule has 0 amide bonds. The third kappa shape index (κ3) is 3.17. The molecular formula is C20H14N6. The van der Waals surface area contributed by atoms with E-state index in [1.165, 1.54) is 11.9 Å². The highest BCUT2D eigenvalue weighted by Gasteiger charge is 2.08. The van der Waals surface area contributed by atoms with E-state index < -0.39 is 0 Å². The highest BCUT2D eigenvalue weighted by Crippen LogP contribution is 2.14. The molecule has 6 heteroatoms. The van der Waals surface area contributed by atoms with E-state index in [2.05, 4.69) is 55.8 Å². The summed E-state index contributed by atoms with van der Waals surface area (Å²) >= 11 is 0. The van der Waals surface area contributed by atoms with E-state index >= 15 is 0 Å².